The number of rotatable bonds is 3. The zero-order chi connectivity index (χ0) is 14.8. The lowest BCUT2D eigenvalue weighted by molar-refractivity contribution is 0.0996. The molecule has 5 heteroatoms. The number of nitrogens with one attached hydrogen (secondary N) is 1. The summed E-state index contributed by atoms with van der Waals surface area (Å²) in [5, 5.41) is 10.4. The maximum absolute atomic E-state index is 11.5. The van der Waals surface area contributed by atoms with Crippen molar-refractivity contribution in [1.29, 1.82) is 0 Å². The van der Waals surface area contributed by atoms with Gasteiger partial charge in [-0.2, -0.15) is 15.4 Å². The van der Waals surface area contributed by atoms with E-state index in [0.29, 0.717) is 5.69 Å². The van der Waals surface area contributed by atoms with Gasteiger partial charge in [0.2, 0.25) is 0 Å². The summed E-state index contributed by atoms with van der Waals surface area (Å²) in [4.78, 5) is 11.5. The minimum Gasteiger partial charge on any atom is -0.364 e. The number of nitrogens with zero attached hydrogens (tertiary/aromatic N) is 2. The Labute approximate surface area is 121 Å². The summed E-state index contributed by atoms with van der Waals surface area (Å²) in [5.74, 6) is -0.599. The molecule has 3 N–H and O–H groups in total. The second kappa shape index (κ2) is 5.20. The van der Waals surface area contributed by atoms with Gasteiger partial charge in [0.05, 0.1) is 0 Å². The SMILES string of the molecule is Cc1cccc(-c2ccccc2-c2n[nH]nc2C(N)=O)c1. The fourth-order valence-electron chi connectivity index (χ4n) is 2.34. The van der Waals surface area contributed by atoms with Crippen LogP contribution >= 0.6 is 0 Å². The standard InChI is InChI=1S/C16H14N4O/c1-10-5-4-6-11(9-10)12-7-2-3-8-13(12)14-15(16(17)21)19-20-18-14/h2-9H,1H3,(H2,17,21)(H,18,19,20). The van der Waals surface area contributed by atoms with Crippen molar-refractivity contribution in [2.24, 2.45) is 5.73 Å². The summed E-state index contributed by atoms with van der Waals surface area (Å²) in [7, 11) is 0. The second-order valence-electron chi connectivity index (χ2n) is 4.80. The van der Waals surface area contributed by atoms with Crippen LogP contribution in [0.15, 0.2) is 48.5 Å². The van der Waals surface area contributed by atoms with Gasteiger partial charge in [-0.05, 0) is 18.1 Å². The molecule has 1 heterocycles. The molecule has 21 heavy (non-hydrogen) atoms. The molecule has 3 rings (SSSR count). The van der Waals surface area contributed by atoms with Crippen molar-refractivity contribution in [3.63, 3.8) is 0 Å². The summed E-state index contributed by atoms with van der Waals surface area (Å²) < 4.78 is 0. The highest BCUT2D eigenvalue weighted by Gasteiger charge is 2.18. The van der Waals surface area contributed by atoms with Crippen molar-refractivity contribution in [3.05, 3.63) is 59.8 Å². The monoisotopic (exact) mass is 278 g/mol. The molecule has 5 nitrogen and oxygen atoms in total. The smallest absolute Gasteiger partial charge is 0.271 e. The normalized spacial score (nSPS) is 10.5. The number of nitrogens with two attached hydrogens (primary N) is 1. The van der Waals surface area contributed by atoms with Crippen molar-refractivity contribution in [3.8, 4) is 22.4 Å². The van der Waals surface area contributed by atoms with Crippen molar-refractivity contribution in [1.82, 2.24) is 15.4 Å². The van der Waals surface area contributed by atoms with Gasteiger partial charge in [0, 0.05) is 5.56 Å². The number of aromatic nitrogens is 3. The van der Waals surface area contributed by atoms with Crippen LogP contribution in [-0.2, 0) is 0 Å². The lowest BCUT2D eigenvalue weighted by Crippen LogP contribution is -2.12. The molecule has 0 saturated heterocycles. The Morgan fingerprint density at radius 3 is 2.52 bits per heavy atom. The minimum absolute atomic E-state index is 0.148. The van der Waals surface area contributed by atoms with E-state index in [1.165, 1.54) is 0 Å². The molecule has 0 atom stereocenters. The van der Waals surface area contributed by atoms with E-state index in [2.05, 4.69) is 21.5 Å². The molecule has 104 valence electrons. The van der Waals surface area contributed by atoms with Gasteiger partial charge in [-0.1, -0.05) is 54.1 Å². The van der Waals surface area contributed by atoms with E-state index in [1.54, 1.807) is 0 Å². The van der Waals surface area contributed by atoms with E-state index in [-0.39, 0.29) is 5.69 Å². The summed E-state index contributed by atoms with van der Waals surface area (Å²) in [6.45, 7) is 2.04. The summed E-state index contributed by atoms with van der Waals surface area (Å²) in [6.07, 6.45) is 0. The largest absolute Gasteiger partial charge is 0.364 e. The Morgan fingerprint density at radius 2 is 1.81 bits per heavy atom. The fraction of sp³-hybridized carbons (Fsp3) is 0.0625. The first kappa shape index (κ1) is 13.1. The maximum Gasteiger partial charge on any atom is 0.271 e. The minimum atomic E-state index is -0.599. The Balaban J connectivity index is 2.21. The molecule has 0 aliphatic heterocycles. The third-order valence-electron chi connectivity index (χ3n) is 3.29. The topological polar surface area (TPSA) is 84.7 Å². The van der Waals surface area contributed by atoms with Crippen LogP contribution in [0.3, 0.4) is 0 Å². The van der Waals surface area contributed by atoms with Crippen LogP contribution in [0, 0.1) is 6.92 Å². The number of H-pyrrole nitrogens is 1. The molecule has 0 unspecified atom stereocenters. The van der Waals surface area contributed by atoms with Gasteiger partial charge >= 0.3 is 0 Å². The van der Waals surface area contributed by atoms with E-state index in [9.17, 15) is 4.79 Å². The predicted octanol–water partition coefficient (Wildman–Crippen LogP) is 2.55. The number of aryl methyl sites for hydroxylation is 1. The predicted molar refractivity (Wildman–Crippen MR) is 80.5 cm³/mol. The fourth-order valence-corrected chi connectivity index (χ4v) is 2.34. The van der Waals surface area contributed by atoms with Crippen LogP contribution in [0.2, 0.25) is 0 Å². The molecule has 0 fully saturated rings. The molecule has 3 aromatic rings. The highest BCUT2D eigenvalue weighted by atomic mass is 16.1. The summed E-state index contributed by atoms with van der Waals surface area (Å²) >= 11 is 0. The van der Waals surface area contributed by atoms with Gasteiger partial charge in [-0.3, -0.25) is 4.79 Å². The number of amides is 1. The first-order chi connectivity index (χ1) is 10.2. The molecular weight excluding hydrogens is 264 g/mol. The van der Waals surface area contributed by atoms with Gasteiger partial charge in [0.1, 0.15) is 5.69 Å². The third-order valence-corrected chi connectivity index (χ3v) is 3.29. The molecule has 0 bridgehead atoms. The summed E-state index contributed by atoms with van der Waals surface area (Å²) in [5.41, 5.74) is 10.0. The lowest BCUT2D eigenvalue weighted by Gasteiger charge is -2.09. The number of carbonyl (C=O) groups is 1. The van der Waals surface area contributed by atoms with Crippen molar-refractivity contribution >= 4 is 5.91 Å². The number of primary amides is 1. The molecule has 0 aliphatic rings. The highest BCUT2D eigenvalue weighted by molar-refractivity contribution is 5.98. The quantitative estimate of drug-likeness (QED) is 0.772. The molecular formula is C16H14N4O. The van der Waals surface area contributed by atoms with E-state index >= 15 is 0 Å². The lowest BCUT2D eigenvalue weighted by atomic mass is 9.96. The van der Waals surface area contributed by atoms with E-state index in [4.69, 9.17) is 5.73 Å². The molecule has 1 amide bonds. The number of aromatic amines is 1. The first-order valence-electron chi connectivity index (χ1n) is 6.54. The van der Waals surface area contributed by atoms with Crippen molar-refractivity contribution in [2.45, 2.75) is 6.92 Å². The zero-order valence-corrected chi connectivity index (χ0v) is 11.5. The van der Waals surface area contributed by atoms with Crippen LogP contribution in [0.1, 0.15) is 16.1 Å². The second-order valence-corrected chi connectivity index (χ2v) is 4.80. The van der Waals surface area contributed by atoms with Gasteiger partial charge in [-0.15, -0.1) is 0 Å². The average Bonchev–Trinajstić information content (AvgIpc) is 2.97. The first-order valence-corrected chi connectivity index (χ1v) is 6.54. The van der Waals surface area contributed by atoms with Gasteiger partial charge in [0.15, 0.2) is 5.69 Å². The van der Waals surface area contributed by atoms with Crippen LogP contribution in [0.25, 0.3) is 22.4 Å². The number of benzene rings is 2. The Morgan fingerprint density at radius 1 is 1.05 bits per heavy atom. The average molecular weight is 278 g/mol. The molecule has 0 aliphatic carbocycles. The van der Waals surface area contributed by atoms with Gasteiger partial charge < -0.3 is 5.73 Å². The van der Waals surface area contributed by atoms with Gasteiger partial charge in [-0.25, -0.2) is 0 Å². The molecule has 2 aromatic carbocycles. The Kier molecular flexibility index (Phi) is 3.23. The number of carbonyl (C=O) groups excluding carboxylic acids is 1. The van der Waals surface area contributed by atoms with Crippen molar-refractivity contribution < 1.29 is 4.79 Å². The van der Waals surface area contributed by atoms with E-state index in [0.717, 1.165) is 22.3 Å². The van der Waals surface area contributed by atoms with E-state index in [1.807, 2.05) is 49.4 Å². The number of hydrogen-bond donors (Lipinski definition) is 2. The Hall–Kier alpha value is -2.95. The molecule has 1 aromatic heterocycles. The zero-order valence-electron chi connectivity index (χ0n) is 11.5. The highest BCUT2D eigenvalue weighted by Crippen LogP contribution is 2.32. The van der Waals surface area contributed by atoms with Crippen LogP contribution in [0.4, 0.5) is 0 Å². The Bertz CT molecular complexity index is 807. The maximum atomic E-state index is 11.5. The van der Waals surface area contributed by atoms with Crippen molar-refractivity contribution in [2.75, 3.05) is 0 Å². The molecule has 0 radical (unpaired) electrons. The van der Waals surface area contributed by atoms with Crippen LogP contribution in [-0.4, -0.2) is 21.3 Å². The molecule has 0 spiro atoms. The van der Waals surface area contributed by atoms with Crippen LogP contribution in [0.5, 0.6) is 0 Å². The third kappa shape index (κ3) is 2.41. The van der Waals surface area contributed by atoms with Gasteiger partial charge in [0.25, 0.3) is 5.91 Å². The van der Waals surface area contributed by atoms with Crippen LogP contribution < -0.4 is 5.73 Å². The number of hydrogen-bond acceptors (Lipinski definition) is 3. The summed E-state index contributed by atoms with van der Waals surface area (Å²) in [6, 6.07) is 15.9. The molecule has 0 saturated carbocycles. The van der Waals surface area contributed by atoms with E-state index < -0.39 is 5.91 Å².